The van der Waals surface area contributed by atoms with Crippen LogP contribution in [0.1, 0.15) is 22.8 Å². The quantitative estimate of drug-likeness (QED) is 0.669. The highest BCUT2D eigenvalue weighted by Crippen LogP contribution is 2.37. The molecular weight excluding hydrogens is 248 g/mol. The lowest BCUT2D eigenvalue weighted by Gasteiger charge is -2.12. The molecule has 0 aliphatic heterocycles. The Labute approximate surface area is 104 Å². The number of carbonyl (C=O) groups excluding carboxylic acids is 1. The van der Waals surface area contributed by atoms with Gasteiger partial charge in [0, 0.05) is 4.90 Å². The van der Waals surface area contributed by atoms with E-state index in [0.29, 0.717) is 4.90 Å². The number of aromatic hydroxyl groups is 1. The number of phenols is 1. The number of ether oxygens (including phenoxy) is 1. The Hall–Kier alpha value is -0.870. The minimum Gasteiger partial charge on any atom is -0.505 e. The maximum Gasteiger partial charge on any atom is 0.343 e. The molecule has 1 rings (SSSR count). The van der Waals surface area contributed by atoms with Crippen LogP contribution in [0.15, 0.2) is 11.0 Å². The Morgan fingerprint density at radius 2 is 2.25 bits per heavy atom. The molecule has 0 bridgehead atoms. The first kappa shape index (κ1) is 13.2. The molecule has 3 nitrogen and oxygen atoms in total. The predicted molar refractivity (Wildman–Crippen MR) is 65.6 cm³/mol. The van der Waals surface area contributed by atoms with E-state index < -0.39 is 5.97 Å². The Balaban J connectivity index is 3.35. The molecule has 88 valence electrons. The minimum absolute atomic E-state index is 0.143. The highest BCUT2D eigenvalue weighted by Gasteiger charge is 2.21. The van der Waals surface area contributed by atoms with Gasteiger partial charge in [0.15, 0.2) is 0 Å². The highest BCUT2D eigenvalue weighted by molar-refractivity contribution is 7.98. The molecule has 0 aromatic heterocycles. The number of benzene rings is 1. The highest BCUT2D eigenvalue weighted by atomic mass is 35.5. The number of hydrogen-bond donors (Lipinski definition) is 1. The number of halogens is 1. The number of esters is 1. The molecule has 0 heterocycles. The normalized spacial score (nSPS) is 10.2. The van der Waals surface area contributed by atoms with E-state index in [2.05, 4.69) is 0 Å². The molecule has 16 heavy (non-hydrogen) atoms. The average Bonchev–Trinajstić information content (AvgIpc) is 2.25. The van der Waals surface area contributed by atoms with Gasteiger partial charge in [-0.3, -0.25) is 0 Å². The lowest BCUT2D eigenvalue weighted by Crippen LogP contribution is -2.07. The van der Waals surface area contributed by atoms with Gasteiger partial charge in [0.05, 0.1) is 11.6 Å². The van der Waals surface area contributed by atoms with Gasteiger partial charge >= 0.3 is 5.97 Å². The summed E-state index contributed by atoms with van der Waals surface area (Å²) in [7, 11) is 0. The molecule has 1 aromatic carbocycles. The first-order valence-corrected chi connectivity index (χ1v) is 6.36. The van der Waals surface area contributed by atoms with Gasteiger partial charge in [0.1, 0.15) is 11.3 Å². The van der Waals surface area contributed by atoms with Crippen LogP contribution >= 0.6 is 23.4 Å². The zero-order valence-electron chi connectivity index (χ0n) is 9.33. The third-order valence-electron chi connectivity index (χ3n) is 2.08. The molecule has 0 saturated heterocycles. The summed E-state index contributed by atoms with van der Waals surface area (Å²) >= 11 is 7.26. The molecule has 5 heteroatoms. The van der Waals surface area contributed by atoms with Crippen LogP contribution in [0.3, 0.4) is 0 Å². The Morgan fingerprint density at radius 1 is 1.62 bits per heavy atom. The van der Waals surface area contributed by atoms with Gasteiger partial charge in [-0.05, 0) is 31.7 Å². The van der Waals surface area contributed by atoms with E-state index in [1.54, 1.807) is 19.9 Å². The molecule has 0 aliphatic carbocycles. The van der Waals surface area contributed by atoms with E-state index in [4.69, 9.17) is 16.3 Å². The Kier molecular flexibility index (Phi) is 4.50. The van der Waals surface area contributed by atoms with Crippen molar-refractivity contribution in [2.75, 3.05) is 12.9 Å². The molecule has 0 radical (unpaired) electrons. The van der Waals surface area contributed by atoms with Crippen LogP contribution in [0.25, 0.3) is 0 Å². The van der Waals surface area contributed by atoms with Gasteiger partial charge in [-0.1, -0.05) is 11.6 Å². The summed E-state index contributed by atoms with van der Waals surface area (Å²) in [6.07, 6.45) is 1.82. The van der Waals surface area contributed by atoms with E-state index in [0.717, 1.165) is 5.56 Å². The van der Waals surface area contributed by atoms with Crippen molar-refractivity contribution in [2.45, 2.75) is 18.7 Å². The zero-order valence-corrected chi connectivity index (χ0v) is 10.9. The molecule has 0 amide bonds. The second kappa shape index (κ2) is 5.46. The van der Waals surface area contributed by atoms with Gasteiger partial charge < -0.3 is 9.84 Å². The largest absolute Gasteiger partial charge is 0.505 e. The first-order chi connectivity index (χ1) is 7.52. The summed E-state index contributed by atoms with van der Waals surface area (Å²) < 4.78 is 4.88. The summed E-state index contributed by atoms with van der Waals surface area (Å²) in [6.45, 7) is 3.75. The number of hydrogen-bond acceptors (Lipinski definition) is 4. The van der Waals surface area contributed by atoms with Crippen molar-refractivity contribution in [3.8, 4) is 5.75 Å². The van der Waals surface area contributed by atoms with Crippen LogP contribution in [-0.4, -0.2) is 23.9 Å². The maximum absolute atomic E-state index is 11.7. The zero-order chi connectivity index (χ0) is 12.3. The van der Waals surface area contributed by atoms with Gasteiger partial charge in [-0.25, -0.2) is 4.79 Å². The maximum atomic E-state index is 11.7. The van der Waals surface area contributed by atoms with Crippen molar-refractivity contribution < 1.29 is 14.6 Å². The molecule has 1 N–H and O–H groups in total. The SMILES string of the molecule is CCOC(=O)c1c(SC)cc(C)c(Cl)c1O. The fourth-order valence-electron chi connectivity index (χ4n) is 1.31. The van der Waals surface area contributed by atoms with Crippen molar-refractivity contribution in [2.24, 2.45) is 0 Å². The van der Waals surface area contributed by atoms with Crippen LogP contribution in [0.4, 0.5) is 0 Å². The minimum atomic E-state index is -0.550. The summed E-state index contributed by atoms with van der Waals surface area (Å²) in [4.78, 5) is 12.3. The van der Waals surface area contributed by atoms with Crippen molar-refractivity contribution in [1.29, 1.82) is 0 Å². The van der Waals surface area contributed by atoms with E-state index in [1.165, 1.54) is 11.8 Å². The van der Waals surface area contributed by atoms with Gasteiger partial charge in [-0.2, -0.15) is 0 Å². The van der Waals surface area contributed by atoms with E-state index in [1.807, 2.05) is 6.26 Å². The van der Waals surface area contributed by atoms with Crippen LogP contribution in [0.5, 0.6) is 5.75 Å². The third-order valence-corrected chi connectivity index (χ3v) is 3.32. The second-order valence-corrected chi connectivity index (χ2v) is 4.38. The van der Waals surface area contributed by atoms with Gasteiger partial charge in [0.2, 0.25) is 0 Å². The van der Waals surface area contributed by atoms with Gasteiger partial charge in [0.25, 0.3) is 0 Å². The summed E-state index contributed by atoms with van der Waals surface area (Å²) in [5.74, 6) is -0.754. The van der Waals surface area contributed by atoms with E-state index in [-0.39, 0.29) is 22.9 Å². The lowest BCUT2D eigenvalue weighted by atomic mass is 10.1. The Morgan fingerprint density at radius 3 is 2.75 bits per heavy atom. The fraction of sp³-hybridized carbons (Fsp3) is 0.364. The van der Waals surface area contributed by atoms with Crippen LogP contribution in [-0.2, 0) is 4.74 Å². The smallest absolute Gasteiger partial charge is 0.343 e. The second-order valence-electron chi connectivity index (χ2n) is 3.15. The number of rotatable bonds is 3. The molecule has 0 unspecified atom stereocenters. The molecule has 0 fully saturated rings. The van der Waals surface area contributed by atoms with Gasteiger partial charge in [-0.15, -0.1) is 11.8 Å². The topological polar surface area (TPSA) is 46.5 Å². The third kappa shape index (κ3) is 2.44. The summed E-state index contributed by atoms with van der Waals surface area (Å²) in [5, 5.41) is 10.0. The van der Waals surface area contributed by atoms with Crippen molar-refractivity contribution >= 4 is 29.3 Å². The molecule has 0 atom stereocenters. The van der Waals surface area contributed by atoms with Crippen molar-refractivity contribution in [1.82, 2.24) is 0 Å². The molecule has 1 aromatic rings. The Bertz CT molecular complexity index is 418. The first-order valence-electron chi connectivity index (χ1n) is 4.76. The average molecular weight is 261 g/mol. The summed E-state index contributed by atoms with van der Waals surface area (Å²) in [5.41, 5.74) is 0.876. The molecule has 0 spiro atoms. The lowest BCUT2D eigenvalue weighted by molar-refractivity contribution is 0.0519. The summed E-state index contributed by atoms with van der Waals surface area (Å²) in [6, 6.07) is 1.76. The number of phenolic OH excluding ortho intramolecular Hbond substituents is 1. The molecule has 0 aliphatic rings. The van der Waals surface area contributed by atoms with Crippen molar-refractivity contribution in [3.05, 3.63) is 22.2 Å². The number of carbonyl (C=O) groups is 1. The predicted octanol–water partition coefficient (Wildman–Crippen LogP) is 3.25. The van der Waals surface area contributed by atoms with Crippen molar-refractivity contribution in [3.63, 3.8) is 0 Å². The van der Waals surface area contributed by atoms with E-state index in [9.17, 15) is 9.90 Å². The number of thioether (sulfide) groups is 1. The molecule has 0 saturated carbocycles. The standard InChI is InChI=1S/C11H13ClO3S/c1-4-15-11(14)8-7(16-3)5-6(2)9(12)10(8)13/h5,13H,4H2,1-3H3. The van der Waals surface area contributed by atoms with Crippen LogP contribution < -0.4 is 0 Å². The van der Waals surface area contributed by atoms with Crippen LogP contribution in [0, 0.1) is 6.92 Å². The molecular formula is C11H13ClO3S. The van der Waals surface area contributed by atoms with E-state index >= 15 is 0 Å². The number of aryl methyl sites for hydroxylation is 1. The van der Waals surface area contributed by atoms with Crippen LogP contribution in [0.2, 0.25) is 5.02 Å². The monoisotopic (exact) mass is 260 g/mol. The fourth-order valence-corrected chi connectivity index (χ4v) is 2.13.